The first kappa shape index (κ1) is 22.9. The molecule has 0 saturated heterocycles. The van der Waals surface area contributed by atoms with Gasteiger partial charge in [0.1, 0.15) is 5.82 Å². The molecule has 0 aliphatic heterocycles. The van der Waals surface area contributed by atoms with Gasteiger partial charge in [-0.2, -0.15) is 5.10 Å². The van der Waals surface area contributed by atoms with Crippen LogP contribution in [0.3, 0.4) is 0 Å². The highest BCUT2D eigenvalue weighted by Gasteiger charge is 2.26. The molecule has 7 nitrogen and oxygen atoms in total. The molecule has 0 fully saturated rings. The summed E-state index contributed by atoms with van der Waals surface area (Å²) in [6.07, 6.45) is 2.07. The molecular weight excluding hydrogens is 493 g/mol. The molecule has 0 aliphatic carbocycles. The Kier molecular flexibility index (Phi) is 7.07. The van der Waals surface area contributed by atoms with E-state index >= 15 is 0 Å². The Bertz CT molecular complexity index is 1170. The Hall–Kier alpha value is -2.78. The van der Waals surface area contributed by atoms with Gasteiger partial charge in [0.05, 0.1) is 21.3 Å². The summed E-state index contributed by atoms with van der Waals surface area (Å²) in [5.41, 5.74) is 0.785. The van der Waals surface area contributed by atoms with E-state index in [0.717, 1.165) is 17.5 Å². The van der Waals surface area contributed by atoms with E-state index in [9.17, 15) is 24.4 Å². The zero-order chi connectivity index (χ0) is 22.7. The van der Waals surface area contributed by atoms with Crippen molar-refractivity contribution in [3.05, 3.63) is 84.3 Å². The van der Waals surface area contributed by atoms with Gasteiger partial charge < -0.3 is 5.11 Å². The van der Waals surface area contributed by atoms with Crippen molar-refractivity contribution in [1.29, 1.82) is 0 Å². The van der Waals surface area contributed by atoms with Crippen LogP contribution in [0.4, 0.5) is 10.1 Å². The van der Waals surface area contributed by atoms with Crippen molar-refractivity contribution in [2.45, 2.75) is 32.6 Å². The number of non-ortho nitro benzene ring substituents is 1. The number of hydrogen-bond acceptors (Lipinski definition) is 4. The van der Waals surface area contributed by atoms with Gasteiger partial charge in [0.15, 0.2) is 5.69 Å². The summed E-state index contributed by atoms with van der Waals surface area (Å²) in [5.74, 6) is -1.77. The Morgan fingerprint density at radius 3 is 2.68 bits per heavy atom. The second-order valence-corrected chi connectivity index (χ2v) is 8.22. The van der Waals surface area contributed by atoms with Crippen molar-refractivity contribution in [3.63, 3.8) is 0 Å². The van der Waals surface area contributed by atoms with E-state index in [1.54, 1.807) is 12.1 Å². The number of aryl methyl sites for hydroxylation is 1. The predicted octanol–water partition coefficient (Wildman–Crippen LogP) is 5.97. The van der Waals surface area contributed by atoms with Gasteiger partial charge in [-0.05, 0) is 36.6 Å². The van der Waals surface area contributed by atoms with Crippen molar-refractivity contribution < 1.29 is 19.2 Å². The Labute approximate surface area is 190 Å². The standard InChI is InChI=1S/C21H18BrClFN3O4/c1-2-3-4-18-15(9-12-5-6-13(22)10-17(12)24)20(21(28)29)26(25-18)19-11-14(27(30)31)7-8-16(19)23/h5-8,10-11H,2-4,9H2,1H3,(H,28,29). The molecule has 0 unspecified atom stereocenters. The average Bonchev–Trinajstić information content (AvgIpc) is 3.06. The molecule has 3 aromatic rings. The molecule has 0 bridgehead atoms. The lowest BCUT2D eigenvalue weighted by atomic mass is 9.99. The van der Waals surface area contributed by atoms with Gasteiger partial charge in [0.2, 0.25) is 0 Å². The summed E-state index contributed by atoms with van der Waals surface area (Å²) in [7, 11) is 0. The molecule has 0 atom stereocenters. The van der Waals surface area contributed by atoms with Gasteiger partial charge in [-0.15, -0.1) is 0 Å². The first-order valence-electron chi connectivity index (χ1n) is 9.45. The molecule has 0 spiro atoms. The SMILES string of the molecule is CCCCc1nn(-c2cc([N+](=O)[O-])ccc2Cl)c(C(=O)O)c1Cc1ccc(Br)cc1F. The van der Waals surface area contributed by atoms with Gasteiger partial charge in [0.25, 0.3) is 5.69 Å². The number of halogens is 3. The number of nitro groups is 1. The van der Waals surface area contributed by atoms with Gasteiger partial charge in [0, 0.05) is 28.6 Å². The van der Waals surface area contributed by atoms with Crippen LogP contribution in [0.5, 0.6) is 0 Å². The van der Waals surface area contributed by atoms with Gasteiger partial charge in [-0.3, -0.25) is 10.1 Å². The number of hydrogen-bond donors (Lipinski definition) is 1. The van der Waals surface area contributed by atoms with E-state index in [1.165, 1.54) is 24.3 Å². The van der Waals surface area contributed by atoms with E-state index in [0.29, 0.717) is 27.7 Å². The molecule has 3 rings (SSSR count). The highest BCUT2D eigenvalue weighted by Crippen LogP contribution is 2.30. The second kappa shape index (κ2) is 9.57. The Morgan fingerprint density at radius 1 is 1.32 bits per heavy atom. The number of carboxylic acid groups (broad SMARTS) is 1. The molecule has 1 heterocycles. The van der Waals surface area contributed by atoms with Crippen LogP contribution in [0.2, 0.25) is 5.02 Å². The zero-order valence-electron chi connectivity index (χ0n) is 16.4. The van der Waals surface area contributed by atoms with Crippen LogP contribution in [0.1, 0.15) is 47.1 Å². The smallest absolute Gasteiger partial charge is 0.354 e. The van der Waals surface area contributed by atoms with Crippen molar-refractivity contribution in [2.24, 2.45) is 0 Å². The third-order valence-electron chi connectivity index (χ3n) is 4.79. The van der Waals surface area contributed by atoms with E-state index in [1.807, 2.05) is 6.92 Å². The lowest BCUT2D eigenvalue weighted by Crippen LogP contribution is -2.11. The van der Waals surface area contributed by atoms with Crippen LogP contribution in [0, 0.1) is 15.9 Å². The third-order valence-corrected chi connectivity index (χ3v) is 5.60. The van der Waals surface area contributed by atoms with Crippen LogP contribution in [-0.2, 0) is 12.8 Å². The summed E-state index contributed by atoms with van der Waals surface area (Å²) < 4.78 is 16.2. The number of unbranched alkanes of at least 4 members (excludes halogenated alkanes) is 1. The van der Waals surface area contributed by atoms with Crippen molar-refractivity contribution in [1.82, 2.24) is 9.78 Å². The second-order valence-electron chi connectivity index (χ2n) is 6.90. The summed E-state index contributed by atoms with van der Waals surface area (Å²) in [6, 6.07) is 8.28. The van der Waals surface area contributed by atoms with Crippen LogP contribution >= 0.6 is 27.5 Å². The molecule has 0 amide bonds. The van der Waals surface area contributed by atoms with E-state index < -0.39 is 16.7 Å². The summed E-state index contributed by atoms with van der Waals surface area (Å²) in [6.45, 7) is 1.99. The van der Waals surface area contributed by atoms with Crippen LogP contribution < -0.4 is 0 Å². The summed E-state index contributed by atoms with van der Waals surface area (Å²) in [5, 5.41) is 25.7. The molecule has 162 valence electrons. The number of aromatic carboxylic acids is 1. The first-order chi connectivity index (χ1) is 14.7. The number of nitrogens with zero attached hydrogens (tertiary/aromatic N) is 3. The minimum absolute atomic E-state index is 0.00629. The Morgan fingerprint density at radius 2 is 2.06 bits per heavy atom. The topological polar surface area (TPSA) is 98.3 Å². The third kappa shape index (κ3) is 4.94. The largest absolute Gasteiger partial charge is 0.476 e. The molecule has 0 aliphatic rings. The fourth-order valence-electron chi connectivity index (χ4n) is 3.25. The van der Waals surface area contributed by atoms with E-state index in [2.05, 4.69) is 21.0 Å². The number of carboxylic acids is 1. The fourth-order valence-corrected chi connectivity index (χ4v) is 3.78. The molecular formula is C21H18BrClFN3O4. The Balaban J connectivity index is 2.23. The van der Waals surface area contributed by atoms with Crippen molar-refractivity contribution >= 4 is 39.2 Å². The highest BCUT2D eigenvalue weighted by molar-refractivity contribution is 9.10. The number of benzene rings is 2. The lowest BCUT2D eigenvalue weighted by Gasteiger charge is -2.09. The average molecular weight is 511 g/mol. The monoisotopic (exact) mass is 509 g/mol. The van der Waals surface area contributed by atoms with E-state index in [4.69, 9.17) is 11.6 Å². The van der Waals surface area contributed by atoms with Crippen LogP contribution in [0.25, 0.3) is 5.69 Å². The van der Waals surface area contributed by atoms with Crippen molar-refractivity contribution in [2.75, 3.05) is 0 Å². The quantitative estimate of drug-likeness (QED) is 0.297. The number of aromatic nitrogens is 2. The molecule has 31 heavy (non-hydrogen) atoms. The zero-order valence-corrected chi connectivity index (χ0v) is 18.8. The number of nitro benzene ring substituents is 1. The maximum atomic E-state index is 14.5. The van der Waals surface area contributed by atoms with Crippen molar-refractivity contribution in [3.8, 4) is 5.69 Å². The molecule has 1 aromatic heterocycles. The molecule has 0 radical (unpaired) electrons. The van der Waals surface area contributed by atoms with Gasteiger partial charge in [-0.25, -0.2) is 13.9 Å². The molecule has 1 N–H and O–H groups in total. The number of carbonyl (C=O) groups is 1. The molecule has 2 aromatic carbocycles. The highest BCUT2D eigenvalue weighted by atomic mass is 79.9. The maximum absolute atomic E-state index is 14.5. The van der Waals surface area contributed by atoms with Crippen LogP contribution in [-0.4, -0.2) is 25.8 Å². The normalized spacial score (nSPS) is 11.0. The molecule has 0 saturated carbocycles. The van der Waals surface area contributed by atoms with Crippen LogP contribution in [0.15, 0.2) is 40.9 Å². The minimum Gasteiger partial charge on any atom is -0.476 e. The lowest BCUT2D eigenvalue weighted by molar-refractivity contribution is -0.384. The maximum Gasteiger partial charge on any atom is 0.354 e. The predicted molar refractivity (Wildman–Crippen MR) is 118 cm³/mol. The first-order valence-corrected chi connectivity index (χ1v) is 10.6. The molecule has 10 heteroatoms. The van der Waals surface area contributed by atoms with E-state index in [-0.39, 0.29) is 28.5 Å². The van der Waals surface area contributed by atoms with Gasteiger partial charge in [-0.1, -0.05) is 46.9 Å². The summed E-state index contributed by atoms with van der Waals surface area (Å²) in [4.78, 5) is 22.8. The number of rotatable bonds is 8. The fraction of sp³-hybridized carbons (Fsp3) is 0.238. The van der Waals surface area contributed by atoms with Gasteiger partial charge >= 0.3 is 5.97 Å². The minimum atomic E-state index is -1.29. The summed E-state index contributed by atoms with van der Waals surface area (Å²) >= 11 is 9.45.